The van der Waals surface area contributed by atoms with Crippen molar-refractivity contribution in [2.75, 3.05) is 0 Å². The molecule has 3 aromatic carbocycles. The van der Waals surface area contributed by atoms with Gasteiger partial charge in [0.1, 0.15) is 0 Å². The fourth-order valence-corrected chi connectivity index (χ4v) is 3.69. The van der Waals surface area contributed by atoms with Gasteiger partial charge in [-0.1, -0.05) is 72.8 Å². The fraction of sp³-hybridized carbons (Fsp3) is 0.0870. The minimum absolute atomic E-state index is 0.365. The van der Waals surface area contributed by atoms with E-state index in [0.717, 1.165) is 12.0 Å². The first-order valence-corrected chi connectivity index (χ1v) is 8.65. The van der Waals surface area contributed by atoms with Crippen molar-refractivity contribution in [3.05, 3.63) is 101 Å². The zero-order chi connectivity index (χ0) is 17.9. The second-order valence-corrected chi connectivity index (χ2v) is 6.48. The van der Waals surface area contributed by atoms with Gasteiger partial charge in [0.25, 0.3) is 5.91 Å². The number of nitrogens with one attached hydrogen (secondary N) is 1. The van der Waals surface area contributed by atoms with E-state index in [-0.39, 0.29) is 0 Å². The highest BCUT2D eigenvalue weighted by Gasteiger charge is 2.27. The van der Waals surface area contributed by atoms with Gasteiger partial charge in [0.05, 0.1) is 0 Å². The van der Waals surface area contributed by atoms with Crippen LogP contribution in [0.25, 0.3) is 17.2 Å². The summed E-state index contributed by atoms with van der Waals surface area (Å²) in [5.41, 5.74) is 9.21. The molecule has 26 heavy (non-hydrogen) atoms. The van der Waals surface area contributed by atoms with Crippen LogP contribution in [-0.2, 0) is 11.2 Å². The lowest BCUT2D eigenvalue weighted by molar-refractivity contribution is -0.124. The van der Waals surface area contributed by atoms with Gasteiger partial charge in [-0.15, -0.1) is 0 Å². The van der Waals surface area contributed by atoms with Gasteiger partial charge >= 0.3 is 0 Å². The Hall–Kier alpha value is -3.17. The maximum absolute atomic E-state index is 11.1. The second kappa shape index (κ2) is 6.98. The fourth-order valence-electron chi connectivity index (χ4n) is 3.69. The van der Waals surface area contributed by atoms with E-state index >= 15 is 0 Å². The van der Waals surface area contributed by atoms with Crippen molar-refractivity contribution in [3.8, 4) is 11.1 Å². The Morgan fingerprint density at radius 1 is 0.885 bits per heavy atom. The molecule has 0 atom stereocenters. The summed E-state index contributed by atoms with van der Waals surface area (Å²) in [6, 6.07) is 25.4. The van der Waals surface area contributed by atoms with Gasteiger partial charge in [-0.25, -0.2) is 5.48 Å². The van der Waals surface area contributed by atoms with Crippen molar-refractivity contribution in [3.63, 3.8) is 0 Å². The lowest BCUT2D eigenvalue weighted by Gasteiger charge is -2.14. The molecule has 3 nitrogen and oxygen atoms in total. The normalized spacial score (nSPS) is 12.8. The minimum atomic E-state index is -0.534. The highest BCUT2D eigenvalue weighted by Crippen LogP contribution is 2.45. The van der Waals surface area contributed by atoms with Gasteiger partial charge in [0, 0.05) is 12.0 Å². The summed E-state index contributed by atoms with van der Waals surface area (Å²) in [6.07, 6.45) is 3.92. The molecule has 1 amide bonds. The minimum Gasteiger partial charge on any atom is -0.288 e. The largest absolute Gasteiger partial charge is 0.288 e. The lowest BCUT2D eigenvalue weighted by Crippen LogP contribution is -2.14. The van der Waals surface area contributed by atoms with E-state index in [0.29, 0.717) is 5.92 Å². The summed E-state index contributed by atoms with van der Waals surface area (Å²) >= 11 is 0. The van der Waals surface area contributed by atoms with Crippen LogP contribution >= 0.6 is 0 Å². The van der Waals surface area contributed by atoms with Crippen molar-refractivity contribution in [1.29, 1.82) is 0 Å². The molecule has 128 valence electrons. The molecule has 0 spiro atoms. The standard InChI is InChI=1S/C23H19NO2/c25-23(24-26)14-13-16-9-11-17(12-10-16)15-22-20-7-3-1-5-18(20)19-6-2-4-8-21(19)22/h1-14,22,26H,15H2,(H,24,25). The van der Waals surface area contributed by atoms with Gasteiger partial charge in [-0.3, -0.25) is 10.0 Å². The third-order valence-electron chi connectivity index (χ3n) is 4.92. The average molecular weight is 341 g/mol. The van der Waals surface area contributed by atoms with Crippen LogP contribution in [0.1, 0.15) is 28.2 Å². The molecule has 1 aliphatic rings. The number of hydrogen-bond donors (Lipinski definition) is 2. The summed E-state index contributed by atoms with van der Waals surface area (Å²) in [6.45, 7) is 0. The van der Waals surface area contributed by atoms with Crippen LogP contribution in [0, 0.1) is 0 Å². The van der Waals surface area contributed by atoms with Crippen molar-refractivity contribution < 1.29 is 10.0 Å². The number of amides is 1. The monoisotopic (exact) mass is 341 g/mol. The van der Waals surface area contributed by atoms with Crippen molar-refractivity contribution in [1.82, 2.24) is 5.48 Å². The van der Waals surface area contributed by atoms with Crippen molar-refractivity contribution >= 4 is 12.0 Å². The van der Waals surface area contributed by atoms with Crippen LogP contribution in [-0.4, -0.2) is 11.1 Å². The van der Waals surface area contributed by atoms with Crippen molar-refractivity contribution in [2.24, 2.45) is 0 Å². The van der Waals surface area contributed by atoms with Crippen LogP contribution in [0.5, 0.6) is 0 Å². The topological polar surface area (TPSA) is 49.3 Å². The summed E-state index contributed by atoms with van der Waals surface area (Å²) in [5.74, 6) is -0.169. The third-order valence-corrected chi connectivity index (χ3v) is 4.92. The van der Waals surface area contributed by atoms with Crippen LogP contribution < -0.4 is 5.48 Å². The Bertz CT molecular complexity index is 928. The molecular formula is C23H19NO2. The molecule has 0 radical (unpaired) electrons. The molecule has 0 fully saturated rings. The van der Waals surface area contributed by atoms with Gasteiger partial charge in [-0.2, -0.15) is 0 Å². The van der Waals surface area contributed by atoms with E-state index in [4.69, 9.17) is 5.21 Å². The molecule has 2 N–H and O–H groups in total. The SMILES string of the molecule is O=C(C=Cc1ccc(CC2c3ccccc3-c3ccccc32)cc1)NO. The maximum Gasteiger partial charge on any atom is 0.267 e. The smallest absolute Gasteiger partial charge is 0.267 e. The number of hydroxylamine groups is 1. The molecule has 0 aromatic heterocycles. The predicted molar refractivity (Wildman–Crippen MR) is 103 cm³/mol. The van der Waals surface area contributed by atoms with Crippen molar-refractivity contribution in [2.45, 2.75) is 12.3 Å². The van der Waals surface area contributed by atoms with Crippen LogP contribution in [0.3, 0.4) is 0 Å². The van der Waals surface area contributed by atoms with Gasteiger partial charge in [0.15, 0.2) is 0 Å². The number of fused-ring (bicyclic) bond motifs is 3. The van der Waals surface area contributed by atoms with E-state index in [1.165, 1.54) is 33.9 Å². The zero-order valence-electron chi connectivity index (χ0n) is 14.2. The Labute approximate surface area is 152 Å². The molecule has 0 saturated carbocycles. The van der Waals surface area contributed by atoms with E-state index in [1.54, 1.807) is 11.6 Å². The molecule has 3 heteroatoms. The molecule has 0 saturated heterocycles. The number of benzene rings is 3. The highest BCUT2D eigenvalue weighted by molar-refractivity contribution is 5.90. The Morgan fingerprint density at radius 3 is 2.04 bits per heavy atom. The van der Waals surface area contributed by atoms with E-state index < -0.39 is 5.91 Å². The van der Waals surface area contributed by atoms with E-state index in [2.05, 4.69) is 60.7 Å². The van der Waals surface area contributed by atoms with Crippen LogP contribution in [0.4, 0.5) is 0 Å². The first-order chi connectivity index (χ1) is 12.8. The molecule has 3 aromatic rings. The van der Waals surface area contributed by atoms with Gasteiger partial charge in [-0.05, 0) is 45.9 Å². The van der Waals surface area contributed by atoms with Gasteiger partial charge < -0.3 is 0 Å². The quantitative estimate of drug-likeness (QED) is 0.415. The second-order valence-electron chi connectivity index (χ2n) is 6.48. The first-order valence-electron chi connectivity index (χ1n) is 8.65. The highest BCUT2D eigenvalue weighted by atomic mass is 16.5. The first kappa shape index (κ1) is 16.3. The Morgan fingerprint density at radius 2 is 1.46 bits per heavy atom. The number of rotatable bonds is 4. The zero-order valence-corrected chi connectivity index (χ0v) is 14.2. The summed E-state index contributed by atoms with van der Waals surface area (Å²) in [5, 5.41) is 8.53. The maximum atomic E-state index is 11.1. The average Bonchev–Trinajstić information content (AvgIpc) is 3.01. The molecular weight excluding hydrogens is 322 g/mol. The third kappa shape index (κ3) is 3.05. The molecule has 0 aliphatic heterocycles. The van der Waals surface area contributed by atoms with Crippen LogP contribution in [0.15, 0.2) is 78.9 Å². The number of carbonyl (C=O) groups is 1. The van der Waals surface area contributed by atoms with Gasteiger partial charge in [0.2, 0.25) is 0 Å². The molecule has 0 bridgehead atoms. The Balaban J connectivity index is 1.60. The summed E-state index contributed by atoms with van der Waals surface area (Å²) in [7, 11) is 0. The van der Waals surface area contributed by atoms with E-state index in [1.807, 2.05) is 12.1 Å². The molecule has 1 aliphatic carbocycles. The molecule has 0 unspecified atom stereocenters. The predicted octanol–water partition coefficient (Wildman–Crippen LogP) is 4.56. The Kier molecular flexibility index (Phi) is 4.38. The molecule has 4 rings (SSSR count). The summed E-state index contributed by atoms with van der Waals surface area (Å²) in [4.78, 5) is 11.1. The number of carbonyl (C=O) groups excluding carboxylic acids is 1. The van der Waals surface area contributed by atoms with Crippen LogP contribution in [0.2, 0.25) is 0 Å². The lowest BCUT2D eigenvalue weighted by atomic mass is 9.90. The molecule has 0 heterocycles. The summed E-state index contributed by atoms with van der Waals surface area (Å²) < 4.78 is 0. The number of hydrogen-bond acceptors (Lipinski definition) is 2. The van der Waals surface area contributed by atoms with E-state index in [9.17, 15) is 4.79 Å².